The highest BCUT2D eigenvalue weighted by molar-refractivity contribution is 5.92. The fourth-order valence-corrected chi connectivity index (χ4v) is 4.64. The van der Waals surface area contributed by atoms with E-state index in [1.165, 1.54) is 63.8 Å². The van der Waals surface area contributed by atoms with Gasteiger partial charge in [-0.05, 0) is 49.9 Å². The summed E-state index contributed by atoms with van der Waals surface area (Å²) in [5.74, 6) is 1.11. The lowest BCUT2D eigenvalue weighted by Crippen LogP contribution is -2.45. The fourth-order valence-electron chi connectivity index (χ4n) is 4.64. The number of carbonyl (C=O) groups is 1. The van der Waals surface area contributed by atoms with Crippen LogP contribution in [0.2, 0.25) is 0 Å². The maximum Gasteiger partial charge on any atom is 0.227 e. The Kier molecular flexibility index (Phi) is 8.35. The zero-order valence-electron chi connectivity index (χ0n) is 18.0. The molecule has 156 valence electrons. The van der Waals surface area contributed by atoms with Crippen molar-refractivity contribution in [1.82, 2.24) is 9.80 Å². The van der Waals surface area contributed by atoms with Crippen LogP contribution in [0.25, 0.3) is 0 Å². The van der Waals surface area contributed by atoms with Crippen molar-refractivity contribution >= 4 is 11.6 Å². The quantitative estimate of drug-likeness (QED) is 0.720. The van der Waals surface area contributed by atoms with Crippen LogP contribution in [0.1, 0.15) is 57.4 Å². The standard InChI is InChI=1S/C24H39N3O/c1-3-22(19-21-7-5-4-6-8-21)24(28)25-23-11-9-20(10-12-23)13-14-27-17-15-26(2)16-18-27/h9-12,21-22H,3-8,13-19H2,1-2H3,(H,25,28). The van der Waals surface area contributed by atoms with E-state index in [-0.39, 0.29) is 11.8 Å². The van der Waals surface area contributed by atoms with Crippen LogP contribution < -0.4 is 5.32 Å². The number of benzene rings is 1. The Bertz CT molecular complexity index is 586. The lowest BCUT2D eigenvalue weighted by atomic mass is 9.82. The van der Waals surface area contributed by atoms with Crippen molar-refractivity contribution in [1.29, 1.82) is 0 Å². The van der Waals surface area contributed by atoms with Gasteiger partial charge in [0.2, 0.25) is 5.91 Å². The first-order chi connectivity index (χ1) is 13.6. The number of hydrogen-bond donors (Lipinski definition) is 1. The van der Waals surface area contributed by atoms with Gasteiger partial charge in [0.25, 0.3) is 0 Å². The van der Waals surface area contributed by atoms with Crippen molar-refractivity contribution in [3.8, 4) is 0 Å². The van der Waals surface area contributed by atoms with Crippen LogP contribution in [-0.4, -0.2) is 55.5 Å². The summed E-state index contributed by atoms with van der Waals surface area (Å²) in [6.45, 7) is 7.95. The smallest absolute Gasteiger partial charge is 0.227 e. The molecule has 3 rings (SSSR count). The average molecular weight is 386 g/mol. The predicted molar refractivity (Wildman–Crippen MR) is 118 cm³/mol. The third kappa shape index (κ3) is 6.59. The monoisotopic (exact) mass is 385 g/mol. The molecule has 1 aromatic rings. The van der Waals surface area contributed by atoms with Gasteiger partial charge in [0, 0.05) is 44.3 Å². The zero-order chi connectivity index (χ0) is 19.8. The summed E-state index contributed by atoms with van der Waals surface area (Å²) >= 11 is 0. The maximum atomic E-state index is 12.7. The van der Waals surface area contributed by atoms with Gasteiger partial charge < -0.3 is 15.1 Å². The highest BCUT2D eigenvalue weighted by atomic mass is 16.1. The summed E-state index contributed by atoms with van der Waals surface area (Å²) in [6, 6.07) is 8.50. The SMILES string of the molecule is CCC(CC1CCCCC1)C(=O)Nc1ccc(CCN2CCN(C)CC2)cc1. The Morgan fingerprint density at radius 1 is 1.07 bits per heavy atom. The summed E-state index contributed by atoms with van der Waals surface area (Å²) in [5.41, 5.74) is 2.29. The third-order valence-corrected chi connectivity index (χ3v) is 6.74. The molecule has 1 N–H and O–H groups in total. The summed E-state index contributed by atoms with van der Waals surface area (Å²) < 4.78 is 0. The molecule has 1 aromatic carbocycles. The molecule has 1 saturated carbocycles. The topological polar surface area (TPSA) is 35.6 Å². The normalized spacial score (nSPS) is 20.8. The second-order valence-electron chi connectivity index (χ2n) is 8.93. The van der Waals surface area contributed by atoms with Gasteiger partial charge in [-0.25, -0.2) is 0 Å². The van der Waals surface area contributed by atoms with E-state index >= 15 is 0 Å². The van der Waals surface area contributed by atoms with Crippen LogP contribution in [0.5, 0.6) is 0 Å². The molecule has 1 aliphatic carbocycles. The van der Waals surface area contributed by atoms with Crippen molar-refractivity contribution in [2.75, 3.05) is 45.1 Å². The number of likely N-dealkylation sites (N-methyl/N-ethyl adjacent to an activating group) is 1. The highest BCUT2D eigenvalue weighted by Gasteiger charge is 2.23. The number of amides is 1. The van der Waals surface area contributed by atoms with E-state index in [4.69, 9.17) is 0 Å². The zero-order valence-corrected chi connectivity index (χ0v) is 18.0. The average Bonchev–Trinajstić information content (AvgIpc) is 2.73. The van der Waals surface area contributed by atoms with E-state index in [1.54, 1.807) is 0 Å². The minimum atomic E-state index is 0.153. The van der Waals surface area contributed by atoms with E-state index in [1.807, 2.05) is 0 Å². The molecule has 0 spiro atoms. The number of nitrogens with zero attached hydrogens (tertiary/aromatic N) is 2. The lowest BCUT2D eigenvalue weighted by Gasteiger charge is -2.32. The first-order valence-electron chi connectivity index (χ1n) is 11.4. The van der Waals surface area contributed by atoms with Crippen LogP contribution >= 0.6 is 0 Å². The van der Waals surface area contributed by atoms with Crippen LogP contribution in [0.4, 0.5) is 5.69 Å². The van der Waals surface area contributed by atoms with Gasteiger partial charge in [-0.2, -0.15) is 0 Å². The van der Waals surface area contributed by atoms with Crippen molar-refractivity contribution < 1.29 is 4.79 Å². The first-order valence-corrected chi connectivity index (χ1v) is 11.4. The van der Waals surface area contributed by atoms with Gasteiger partial charge in [0.05, 0.1) is 0 Å². The predicted octanol–water partition coefficient (Wildman–Crippen LogP) is 4.41. The summed E-state index contributed by atoms with van der Waals surface area (Å²) in [6.07, 6.45) is 9.77. The molecule has 0 bridgehead atoms. The van der Waals surface area contributed by atoms with Gasteiger partial charge in [0.15, 0.2) is 0 Å². The van der Waals surface area contributed by atoms with Crippen LogP contribution in [0.3, 0.4) is 0 Å². The molecule has 2 aliphatic rings. The number of nitrogens with one attached hydrogen (secondary N) is 1. The van der Waals surface area contributed by atoms with Crippen molar-refractivity contribution in [3.05, 3.63) is 29.8 Å². The molecular weight excluding hydrogens is 346 g/mol. The Morgan fingerprint density at radius 2 is 1.75 bits per heavy atom. The van der Waals surface area contributed by atoms with Gasteiger partial charge in [-0.15, -0.1) is 0 Å². The number of piperazine rings is 1. The van der Waals surface area contributed by atoms with Crippen LogP contribution in [-0.2, 0) is 11.2 Å². The molecule has 1 amide bonds. The molecule has 1 atom stereocenters. The largest absolute Gasteiger partial charge is 0.326 e. The molecular formula is C24H39N3O. The van der Waals surface area contributed by atoms with Crippen LogP contribution in [0, 0.1) is 11.8 Å². The third-order valence-electron chi connectivity index (χ3n) is 6.74. The maximum absolute atomic E-state index is 12.7. The minimum Gasteiger partial charge on any atom is -0.326 e. The van der Waals surface area contributed by atoms with E-state index in [2.05, 4.69) is 53.4 Å². The van der Waals surface area contributed by atoms with E-state index in [9.17, 15) is 4.79 Å². The van der Waals surface area contributed by atoms with Crippen molar-refractivity contribution in [3.63, 3.8) is 0 Å². The number of rotatable bonds is 8. The molecule has 28 heavy (non-hydrogen) atoms. The Balaban J connectivity index is 1.44. The van der Waals surface area contributed by atoms with Gasteiger partial charge >= 0.3 is 0 Å². The lowest BCUT2D eigenvalue weighted by molar-refractivity contribution is -0.120. The number of anilines is 1. The molecule has 0 radical (unpaired) electrons. The number of carbonyl (C=O) groups excluding carboxylic acids is 1. The fraction of sp³-hybridized carbons (Fsp3) is 0.708. The highest BCUT2D eigenvalue weighted by Crippen LogP contribution is 2.30. The van der Waals surface area contributed by atoms with Gasteiger partial charge in [0.1, 0.15) is 0 Å². The van der Waals surface area contributed by atoms with Gasteiger partial charge in [-0.1, -0.05) is 51.2 Å². The molecule has 4 nitrogen and oxygen atoms in total. The second kappa shape index (κ2) is 11.0. The molecule has 0 aromatic heterocycles. The summed E-state index contributed by atoms with van der Waals surface area (Å²) in [7, 11) is 2.20. The molecule has 1 heterocycles. The van der Waals surface area contributed by atoms with E-state index in [0.29, 0.717) is 0 Å². The Morgan fingerprint density at radius 3 is 2.39 bits per heavy atom. The molecule has 1 aliphatic heterocycles. The summed E-state index contributed by atoms with van der Waals surface area (Å²) in [4.78, 5) is 17.7. The molecule has 4 heteroatoms. The van der Waals surface area contributed by atoms with Crippen molar-refractivity contribution in [2.45, 2.75) is 58.3 Å². The molecule has 1 unspecified atom stereocenters. The van der Waals surface area contributed by atoms with E-state index in [0.717, 1.165) is 37.4 Å². The van der Waals surface area contributed by atoms with Gasteiger partial charge in [-0.3, -0.25) is 4.79 Å². The van der Waals surface area contributed by atoms with Crippen molar-refractivity contribution in [2.24, 2.45) is 11.8 Å². The first kappa shape index (κ1) is 21.3. The molecule has 1 saturated heterocycles. The Labute approximate surface area is 171 Å². The second-order valence-corrected chi connectivity index (χ2v) is 8.93. The molecule has 2 fully saturated rings. The van der Waals surface area contributed by atoms with E-state index < -0.39 is 0 Å². The Hall–Kier alpha value is -1.39. The number of hydrogen-bond acceptors (Lipinski definition) is 3. The van der Waals surface area contributed by atoms with Crippen LogP contribution in [0.15, 0.2) is 24.3 Å². The summed E-state index contributed by atoms with van der Waals surface area (Å²) in [5, 5.41) is 3.17. The minimum absolute atomic E-state index is 0.153.